The maximum Gasteiger partial charge on any atom is 0.227 e. The number of aromatic nitrogens is 2. The molecule has 7 nitrogen and oxygen atoms in total. The zero-order valence-electron chi connectivity index (χ0n) is 11.7. The fourth-order valence-electron chi connectivity index (χ4n) is 1.79. The molecule has 1 aromatic heterocycles. The van der Waals surface area contributed by atoms with Gasteiger partial charge in [0.15, 0.2) is 9.84 Å². The van der Waals surface area contributed by atoms with Crippen molar-refractivity contribution >= 4 is 15.7 Å². The largest absolute Gasteiger partial charge is 0.439 e. The predicted octanol–water partition coefficient (Wildman–Crippen LogP) is 1.52. The highest BCUT2D eigenvalue weighted by molar-refractivity contribution is 7.90. The lowest BCUT2D eigenvalue weighted by Gasteiger charge is -2.11. The van der Waals surface area contributed by atoms with Gasteiger partial charge in [-0.05, 0) is 30.7 Å². The van der Waals surface area contributed by atoms with E-state index in [1.807, 2.05) is 6.92 Å². The van der Waals surface area contributed by atoms with Crippen LogP contribution in [0.1, 0.15) is 12.5 Å². The molecule has 0 saturated heterocycles. The highest BCUT2D eigenvalue weighted by Gasteiger charge is 2.12. The summed E-state index contributed by atoms with van der Waals surface area (Å²) in [5.41, 5.74) is 3.23. The molecule has 0 aliphatic rings. The van der Waals surface area contributed by atoms with Crippen LogP contribution in [0.25, 0.3) is 0 Å². The molecular weight excluding hydrogens is 292 g/mol. The maximum absolute atomic E-state index is 11.4. The molecule has 0 fully saturated rings. The van der Waals surface area contributed by atoms with E-state index >= 15 is 0 Å². The number of benzene rings is 1. The van der Waals surface area contributed by atoms with E-state index in [1.165, 1.54) is 18.5 Å². The van der Waals surface area contributed by atoms with Crippen LogP contribution < -0.4 is 16.0 Å². The van der Waals surface area contributed by atoms with Crippen LogP contribution >= 0.6 is 0 Å². The predicted molar refractivity (Wildman–Crippen MR) is 78.8 cm³/mol. The molecule has 0 atom stereocenters. The first kappa shape index (κ1) is 15.2. The maximum atomic E-state index is 11.4. The molecule has 0 bridgehead atoms. The number of hydrogen-bond acceptors (Lipinski definition) is 7. The van der Waals surface area contributed by atoms with Crippen LogP contribution in [-0.2, 0) is 16.3 Å². The molecule has 0 aliphatic carbocycles. The Kier molecular flexibility index (Phi) is 4.39. The average Bonchev–Trinajstić information content (AvgIpc) is 2.46. The van der Waals surface area contributed by atoms with Gasteiger partial charge in [0.05, 0.1) is 10.5 Å². The van der Waals surface area contributed by atoms with E-state index in [-0.39, 0.29) is 4.90 Å². The van der Waals surface area contributed by atoms with Gasteiger partial charge in [-0.3, -0.25) is 0 Å². The topological polar surface area (TPSA) is 107 Å². The van der Waals surface area contributed by atoms with Gasteiger partial charge in [-0.15, -0.1) is 0 Å². The molecule has 0 unspecified atom stereocenters. The summed E-state index contributed by atoms with van der Waals surface area (Å²) in [6, 6.07) is 6.13. The fourth-order valence-corrected chi connectivity index (χ4v) is 2.42. The first-order valence-corrected chi connectivity index (χ1v) is 8.13. The minimum atomic E-state index is -3.22. The van der Waals surface area contributed by atoms with Crippen LogP contribution in [0.3, 0.4) is 0 Å². The Morgan fingerprint density at radius 2 is 1.90 bits per heavy atom. The number of nitrogens with one attached hydrogen (secondary N) is 1. The number of hydrazine groups is 1. The second kappa shape index (κ2) is 6.06. The van der Waals surface area contributed by atoms with Gasteiger partial charge in [-0.25, -0.2) is 24.2 Å². The van der Waals surface area contributed by atoms with Crippen molar-refractivity contribution in [3.05, 3.63) is 36.2 Å². The number of anilines is 1. The molecule has 0 spiro atoms. The number of sulfone groups is 1. The third-order valence-electron chi connectivity index (χ3n) is 2.86. The number of hydrogen-bond donors (Lipinski definition) is 2. The second-order valence-electron chi connectivity index (χ2n) is 4.35. The quantitative estimate of drug-likeness (QED) is 0.637. The molecule has 1 aromatic carbocycles. The molecule has 3 N–H and O–H groups in total. The van der Waals surface area contributed by atoms with Gasteiger partial charge >= 0.3 is 0 Å². The monoisotopic (exact) mass is 308 g/mol. The van der Waals surface area contributed by atoms with E-state index in [1.54, 1.807) is 12.1 Å². The third-order valence-corrected chi connectivity index (χ3v) is 3.99. The smallest absolute Gasteiger partial charge is 0.227 e. The van der Waals surface area contributed by atoms with Crippen LogP contribution in [0.5, 0.6) is 11.6 Å². The van der Waals surface area contributed by atoms with Crippen molar-refractivity contribution in [2.45, 2.75) is 18.2 Å². The van der Waals surface area contributed by atoms with Gasteiger partial charge in [-0.1, -0.05) is 6.92 Å². The van der Waals surface area contributed by atoms with Crippen LogP contribution in [-0.4, -0.2) is 24.6 Å². The molecule has 0 radical (unpaired) electrons. The summed E-state index contributed by atoms with van der Waals surface area (Å²) >= 11 is 0. The standard InChI is InChI=1S/C13H16N4O3S/c1-3-11-12(17-14)15-8-16-13(11)20-9-4-6-10(7-5-9)21(2,18)19/h4-8H,3,14H2,1-2H3,(H,15,16,17). The second-order valence-corrected chi connectivity index (χ2v) is 6.37. The zero-order valence-corrected chi connectivity index (χ0v) is 12.5. The highest BCUT2D eigenvalue weighted by Crippen LogP contribution is 2.27. The average molecular weight is 308 g/mol. The minimum absolute atomic E-state index is 0.234. The molecule has 112 valence electrons. The molecule has 8 heteroatoms. The summed E-state index contributed by atoms with van der Waals surface area (Å²) in [5.74, 6) is 6.76. The Balaban J connectivity index is 2.30. The van der Waals surface area contributed by atoms with E-state index < -0.39 is 9.84 Å². The highest BCUT2D eigenvalue weighted by atomic mass is 32.2. The van der Waals surface area contributed by atoms with Crippen molar-refractivity contribution in [3.8, 4) is 11.6 Å². The van der Waals surface area contributed by atoms with Gasteiger partial charge < -0.3 is 10.2 Å². The van der Waals surface area contributed by atoms with Gasteiger partial charge in [-0.2, -0.15) is 0 Å². The van der Waals surface area contributed by atoms with Crippen LogP contribution in [0.4, 0.5) is 5.82 Å². The number of rotatable bonds is 5. The summed E-state index contributed by atoms with van der Waals surface area (Å²) in [6.45, 7) is 1.93. The minimum Gasteiger partial charge on any atom is -0.439 e. The lowest BCUT2D eigenvalue weighted by atomic mass is 10.2. The summed E-state index contributed by atoms with van der Waals surface area (Å²) in [7, 11) is -3.22. The first-order chi connectivity index (χ1) is 9.95. The van der Waals surface area contributed by atoms with E-state index in [4.69, 9.17) is 10.6 Å². The van der Waals surface area contributed by atoms with E-state index in [2.05, 4.69) is 15.4 Å². The number of nitrogen functional groups attached to an aromatic ring is 1. The van der Waals surface area contributed by atoms with E-state index in [9.17, 15) is 8.42 Å². The van der Waals surface area contributed by atoms with Crippen molar-refractivity contribution < 1.29 is 13.2 Å². The third kappa shape index (κ3) is 3.47. The van der Waals surface area contributed by atoms with Crippen molar-refractivity contribution in [1.82, 2.24) is 9.97 Å². The molecule has 1 heterocycles. The lowest BCUT2D eigenvalue weighted by molar-refractivity contribution is 0.455. The van der Waals surface area contributed by atoms with Crippen molar-refractivity contribution in [1.29, 1.82) is 0 Å². The van der Waals surface area contributed by atoms with Crippen LogP contribution in [0, 0.1) is 0 Å². The first-order valence-electron chi connectivity index (χ1n) is 6.24. The summed E-state index contributed by atoms with van der Waals surface area (Å²) < 4.78 is 28.5. The molecule has 2 rings (SSSR count). The summed E-state index contributed by atoms with van der Waals surface area (Å²) in [5, 5.41) is 0. The Labute approximate surface area is 123 Å². The lowest BCUT2D eigenvalue weighted by Crippen LogP contribution is -2.12. The summed E-state index contributed by atoms with van der Waals surface area (Å²) in [4.78, 5) is 8.32. The Morgan fingerprint density at radius 1 is 1.24 bits per heavy atom. The molecule has 0 amide bonds. The molecule has 21 heavy (non-hydrogen) atoms. The molecule has 0 aliphatic heterocycles. The number of ether oxygens (including phenoxy) is 1. The molecular formula is C13H16N4O3S. The zero-order chi connectivity index (χ0) is 15.5. The SMILES string of the molecule is CCc1c(NN)ncnc1Oc1ccc(S(C)(=O)=O)cc1. The number of nitrogens with two attached hydrogens (primary N) is 1. The fraction of sp³-hybridized carbons (Fsp3) is 0.231. The Morgan fingerprint density at radius 3 is 2.43 bits per heavy atom. The number of nitrogens with zero attached hydrogens (tertiary/aromatic N) is 2. The van der Waals surface area contributed by atoms with Gasteiger partial charge in [0.1, 0.15) is 17.9 Å². The van der Waals surface area contributed by atoms with Crippen LogP contribution in [0.2, 0.25) is 0 Å². The normalized spacial score (nSPS) is 11.2. The van der Waals surface area contributed by atoms with Gasteiger partial charge in [0.25, 0.3) is 0 Å². The van der Waals surface area contributed by atoms with Crippen molar-refractivity contribution in [2.75, 3.05) is 11.7 Å². The molecule has 2 aromatic rings. The van der Waals surface area contributed by atoms with Crippen molar-refractivity contribution in [2.24, 2.45) is 5.84 Å². The van der Waals surface area contributed by atoms with Crippen LogP contribution in [0.15, 0.2) is 35.5 Å². The van der Waals surface area contributed by atoms with E-state index in [0.29, 0.717) is 23.9 Å². The molecule has 0 saturated carbocycles. The van der Waals surface area contributed by atoms with Crippen molar-refractivity contribution in [3.63, 3.8) is 0 Å². The Hall–Kier alpha value is -2.19. The Bertz CT molecular complexity index is 730. The van der Waals surface area contributed by atoms with Gasteiger partial charge in [0, 0.05) is 6.26 Å². The summed E-state index contributed by atoms with van der Waals surface area (Å²) in [6.07, 6.45) is 3.13. The van der Waals surface area contributed by atoms with Gasteiger partial charge in [0.2, 0.25) is 5.88 Å². The van der Waals surface area contributed by atoms with E-state index in [0.717, 1.165) is 11.8 Å².